The molecule has 1 amide bonds. The number of rotatable bonds is 2. The first-order valence-electron chi connectivity index (χ1n) is 5.10. The second-order valence-electron chi connectivity index (χ2n) is 3.63. The van der Waals surface area contributed by atoms with Gasteiger partial charge in [-0.2, -0.15) is 13.2 Å². The number of anilines is 1. The molecule has 1 aromatic heterocycles. The van der Waals surface area contributed by atoms with E-state index in [1.54, 1.807) is 6.07 Å². The summed E-state index contributed by atoms with van der Waals surface area (Å²) in [6.07, 6.45) is -4.39. The molecule has 0 bridgehead atoms. The maximum Gasteiger partial charge on any atom is 0.416 e. The second kappa shape index (κ2) is 5.08. The zero-order valence-corrected chi connectivity index (χ0v) is 10.9. The molecule has 19 heavy (non-hydrogen) atoms. The number of hydrogen-bond acceptors (Lipinski definition) is 2. The minimum Gasteiger partial charge on any atom is -0.444 e. The standard InChI is InChI=1S/C12H7BrF3NO2/c13-10-6-5-9(19-10)11(18)17-8-3-1-7(2-4-8)12(14,15)16/h1-6H,(H,17,18). The van der Waals surface area contributed by atoms with Crippen LogP contribution in [0.4, 0.5) is 18.9 Å². The molecule has 0 spiro atoms. The van der Waals surface area contributed by atoms with Crippen LogP contribution in [0.2, 0.25) is 0 Å². The number of amides is 1. The minimum absolute atomic E-state index is 0.0618. The summed E-state index contributed by atoms with van der Waals surface area (Å²) in [6.45, 7) is 0. The Morgan fingerprint density at radius 3 is 2.21 bits per heavy atom. The Labute approximate surface area is 114 Å². The molecule has 0 unspecified atom stereocenters. The van der Waals surface area contributed by atoms with E-state index in [4.69, 9.17) is 4.42 Å². The molecular weight excluding hydrogens is 327 g/mol. The molecule has 1 aromatic carbocycles. The lowest BCUT2D eigenvalue weighted by atomic mass is 10.2. The average Bonchev–Trinajstić information content (AvgIpc) is 2.75. The molecule has 0 atom stereocenters. The van der Waals surface area contributed by atoms with E-state index in [1.165, 1.54) is 18.2 Å². The maximum atomic E-state index is 12.3. The van der Waals surface area contributed by atoms with E-state index in [1.807, 2.05) is 0 Å². The van der Waals surface area contributed by atoms with Crippen molar-refractivity contribution in [3.8, 4) is 0 Å². The topological polar surface area (TPSA) is 42.2 Å². The van der Waals surface area contributed by atoms with Gasteiger partial charge in [0.1, 0.15) is 0 Å². The molecule has 2 rings (SSSR count). The van der Waals surface area contributed by atoms with Gasteiger partial charge >= 0.3 is 6.18 Å². The van der Waals surface area contributed by atoms with Crippen LogP contribution in [0, 0.1) is 0 Å². The summed E-state index contributed by atoms with van der Waals surface area (Å²) in [6, 6.07) is 7.14. The summed E-state index contributed by atoms with van der Waals surface area (Å²) in [5.41, 5.74) is -0.517. The molecular formula is C12H7BrF3NO2. The molecule has 3 nitrogen and oxygen atoms in total. The van der Waals surface area contributed by atoms with Crippen molar-refractivity contribution in [2.24, 2.45) is 0 Å². The van der Waals surface area contributed by atoms with Gasteiger partial charge in [-0.05, 0) is 52.3 Å². The first kappa shape index (κ1) is 13.7. The molecule has 0 aliphatic carbocycles. The Morgan fingerprint density at radius 1 is 1.11 bits per heavy atom. The molecule has 7 heteroatoms. The van der Waals surface area contributed by atoms with Crippen LogP contribution in [0.25, 0.3) is 0 Å². The monoisotopic (exact) mass is 333 g/mol. The van der Waals surface area contributed by atoms with Crippen molar-refractivity contribution in [2.75, 3.05) is 5.32 Å². The van der Waals surface area contributed by atoms with Crippen molar-refractivity contribution < 1.29 is 22.4 Å². The van der Waals surface area contributed by atoms with Crippen LogP contribution in [0.3, 0.4) is 0 Å². The largest absolute Gasteiger partial charge is 0.444 e. The quantitative estimate of drug-likeness (QED) is 0.889. The summed E-state index contributed by atoms with van der Waals surface area (Å²) in [7, 11) is 0. The lowest BCUT2D eigenvalue weighted by molar-refractivity contribution is -0.137. The zero-order chi connectivity index (χ0) is 14.0. The number of nitrogens with one attached hydrogen (secondary N) is 1. The maximum absolute atomic E-state index is 12.3. The third-order valence-corrected chi connectivity index (χ3v) is 2.69. The molecule has 1 N–H and O–H groups in total. The Bertz CT molecular complexity index is 590. The van der Waals surface area contributed by atoms with E-state index in [0.29, 0.717) is 4.67 Å². The van der Waals surface area contributed by atoms with Gasteiger partial charge < -0.3 is 9.73 Å². The van der Waals surface area contributed by atoms with Gasteiger partial charge in [-0.3, -0.25) is 4.79 Å². The number of benzene rings is 1. The summed E-state index contributed by atoms with van der Waals surface area (Å²) in [4.78, 5) is 11.7. The van der Waals surface area contributed by atoms with E-state index in [0.717, 1.165) is 12.1 Å². The van der Waals surface area contributed by atoms with Crippen molar-refractivity contribution in [1.29, 1.82) is 0 Å². The Balaban J connectivity index is 2.10. The van der Waals surface area contributed by atoms with Crippen LogP contribution in [-0.2, 0) is 6.18 Å². The molecule has 1 heterocycles. The van der Waals surface area contributed by atoms with Gasteiger partial charge in [0.2, 0.25) is 0 Å². The van der Waals surface area contributed by atoms with Gasteiger partial charge in [-0.25, -0.2) is 0 Å². The highest BCUT2D eigenvalue weighted by molar-refractivity contribution is 9.10. The summed E-state index contributed by atoms with van der Waals surface area (Å²) in [5.74, 6) is -0.475. The van der Waals surface area contributed by atoms with Crippen molar-refractivity contribution in [1.82, 2.24) is 0 Å². The Morgan fingerprint density at radius 2 is 1.74 bits per heavy atom. The van der Waals surface area contributed by atoms with Crippen LogP contribution in [0.1, 0.15) is 16.1 Å². The fraction of sp³-hybridized carbons (Fsp3) is 0.0833. The van der Waals surface area contributed by atoms with E-state index < -0.39 is 17.6 Å². The molecule has 2 aromatic rings. The van der Waals surface area contributed by atoms with Crippen molar-refractivity contribution in [3.05, 3.63) is 52.4 Å². The van der Waals surface area contributed by atoms with E-state index in [-0.39, 0.29) is 11.4 Å². The zero-order valence-electron chi connectivity index (χ0n) is 9.29. The van der Waals surface area contributed by atoms with Crippen LogP contribution >= 0.6 is 15.9 Å². The SMILES string of the molecule is O=C(Nc1ccc(C(F)(F)F)cc1)c1ccc(Br)o1. The molecule has 100 valence electrons. The van der Waals surface area contributed by atoms with Crippen LogP contribution in [-0.4, -0.2) is 5.91 Å². The van der Waals surface area contributed by atoms with Crippen molar-refractivity contribution >= 4 is 27.5 Å². The smallest absolute Gasteiger partial charge is 0.416 e. The Hall–Kier alpha value is -1.76. The first-order valence-corrected chi connectivity index (χ1v) is 5.89. The summed E-state index contributed by atoms with van der Waals surface area (Å²) in [5, 5.41) is 2.43. The highest BCUT2D eigenvalue weighted by atomic mass is 79.9. The molecule has 0 saturated carbocycles. The summed E-state index contributed by atoms with van der Waals surface area (Å²) < 4.78 is 42.4. The highest BCUT2D eigenvalue weighted by Crippen LogP contribution is 2.29. The predicted molar refractivity (Wildman–Crippen MR) is 65.8 cm³/mol. The first-order chi connectivity index (χ1) is 8.86. The number of furan rings is 1. The van der Waals surface area contributed by atoms with Gasteiger partial charge in [0.15, 0.2) is 10.4 Å². The number of halogens is 4. The van der Waals surface area contributed by atoms with E-state index >= 15 is 0 Å². The van der Waals surface area contributed by atoms with Gasteiger partial charge in [-0.1, -0.05) is 0 Å². The van der Waals surface area contributed by atoms with Gasteiger partial charge in [0.05, 0.1) is 5.56 Å². The number of carbonyl (C=O) groups is 1. The molecule has 0 saturated heterocycles. The Kier molecular flexibility index (Phi) is 3.66. The highest BCUT2D eigenvalue weighted by Gasteiger charge is 2.30. The third-order valence-electron chi connectivity index (χ3n) is 2.27. The fourth-order valence-electron chi connectivity index (χ4n) is 1.37. The summed E-state index contributed by atoms with van der Waals surface area (Å²) >= 11 is 3.05. The van der Waals surface area contributed by atoms with Crippen LogP contribution in [0.5, 0.6) is 0 Å². The van der Waals surface area contributed by atoms with E-state index in [2.05, 4.69) is 21.2 Å². The van der Waals surface area contributed by atoms with Crippen molar-refractivity contribution in [3.63, 3.8) is 0 Å². The molecule has 0 radical (unpaired) electrons. The number of carbonyl (C=O) groups excluding carboxylic acids is 1. The average molecular weight is 334 g/mol. The van der Waals surface area contributed by atoms with Gasteiger partial charge in [0, 0.05) is 5.69 Å². The lowest BCUT2D eigenvalue weighted by Gasteiger charge is -2.08. The van der Waals surface area contributed by atoms with E-state index in [9.17, 15) is 18.0 Å². The van der Waals surface area contributed by atoms with Crippen molar-refractivity contribution in [2.45, 2.75) is 6.18 Å². The van der Waals surface area contributed by atoms with Gasteiger partial charge in [-0.15, -0.1) is 0 Å². The molecule has 0 aliphatic rings. The lowest BCUT2D eigenvalue weighted by Crippen LogP contribution is -2.11. The second-order valence-corrected chi connectivity index (χ2v) is 4.41. The fourth-order valence-corrected chi connectivity index (χ4v) is 1.68. The minimum atomic E-state index is -4.39. The number of hydrogen-bond donors (Lipinski definition) is 1. The predicted octanol–water partition coefficient (Wildman–Crippen LogP) is 4.31. The normalized spacial score (nSPS) is 11.4. The number of alkyl halides is 3. The molecule has 0 fully saturated rings. The van der Waals surface area contributed by atoms with Gasteiger partial charge in [0.25, 0.3) is 5.91 Å². The van der Waals surface area contributed by atoms with Crippen LogP contribution in [0.15, 0.2) is 45.5 Å². The third kappa shape index (κ3) is 3.37. The molecule has 0 aliphatic heterocycles. The van der Waals surface area contributed by atoms with Crippen LogP contribution < -0.4 is 5.32 Å².